The van der Waals surface area contributed by atoms with Gasteiger partial charge in [0.1, 0.15) is 0 Å². The van der Waals surface area contributed by atoms with Crippen LogP contribution < -0.4 is 11.1 Å². The number of hydrogen-bond donors (Lipinski definition) is 2. The quantitative estimate of drug-likeness (QED) is 0.395. The van der Waals surface area contributed by atoms with Crippen molar-refractivity contribution in [2.24, 2.45) is 10.7 Å². The summed E-state index contributed by atoms with van der Waals surface area (Å²) in [5.74, 6) is 0.137. The minimum absolute atomic E-state index is 0.0656. The molecule has 3 rings (SSSR count). The van der Waals surface area contributed by atoms with Crippen molar-refractivity contribution in [3.63, 3.8) is 0 Å². The molecule has 1 aromatic heterocycles. The van der Waals surface area contributed by atoms with Crippen LogP contribution in [0.4, 0.5) is 13.2 Å². The van der Waals surface area contributed by atoms with Crippen LogP contribution in [0.5, 0.6) is 0 Å². The number of nitrogens with zero attached hydrogens (tertiary/aromatic N) is 4. The molecule has 1 aliphatic heterocycles. The van der Waals surface area contributed by atoms with Gasteiger partial charge < -0.3 is 15.8 Å². The number of aliphatic imine (C=N–C) groups is 1. The number of ether oxygens (including phenoxy) is 1. The third-order valence-electron chi connectivity index (χ3n) is 5.13. The Labute approximate surface area is 180 Å². The first kappa shape index (κ1) is 23.1. The molecule has 0 spiro atoms. The van der Waals surface area contributed by atoms with Crippen LogP contribution in [0, 0.1) is 13.8 Å². The second-order valence-electron chi connectivity index (χ2n) is 7.61. The van der Waals surface area contributed by atoms with Crippen molar-refractivity contribution in [3.8, 4) is 5.69 Å². The summed E-state index contributed by atoms with van der Waals surface area (Å²) in [5, 5.41) is 7.24. The van der Waals surface area contributed by atoms with Crippen molar-refractivity contribution in [3.05, 3.63) is 46.8 Å². The first-order valence-electron chi connectivity index (χ1n) is 10.3. The fraction of sp³-hybridized carbons (Fsp3) is 0.524. The maximum atomic E-state index is 13.7. The van der Waals surface area contributed by atoms with E-state index >= 15 is 0 Å². The minimum atomic E-state index is -4.50. The Kier molecular flexibility index (Phi) is 7.55. The first-order chi connectivity index (χ1) is 14.7. The molecular weight excluding hydrogens is 409 g/mol. The van der Waals surface area contributed by atoms with Crippen LogP contribution in [0.1, 0.15) is 28.9 Å². The molecule has 1 aliphatic rings. The van der Waals surface area contributed by atoms with Gasteiger partial charge in [-0.1, -0.05) is 6.07 Å². The van der Waals surface area contributed by atoms with E-state index in [2.05, 4.69) is 20.3 Å². The number of guanidine groups is 1. The van der Waals surface area contributed by atoms with E-state index in [4.69, 9.17) is 10.5 Å². The lowest BCUT2D eigenvalue weighted by atomic mass is 10.1. The number of benzene rings is 1. The van der Waals surface area contributed by atoms with Gasteiger partial charge in [0.15, 0.2) is 5.96 Å². The number of nitrogens with one attached hydrogen (secondary N) is 1. The van der Waals surface area contributed by atoms with Gasteiger partial charge in [0.25, 0.3) is 0 Å². The van der Waals surface area contributed by atoms with Crippen LogP contribution in [0.15, 0.2) is 29.3 Å². The molecule has 1 fully saturated rings. The average molecular weight is 438 g/mol. The number of hydrogen-bond acceptors (Lipinski definition) is 4. The van der Waals surface area contributed by atoms with Gasteiger partial charge in [0.2, 0.25) is 0 Å². The molecule has 1 saturated heterocycles. The van der Waals surface area contributed by atoms with Crippen molar-refractivity contribution >= 4 is 5.96 Å². The molecule has 0 atom stereocenters. The van der Waals surface area contributed by atoms with Gasteiger partial charge in [-0.05, 0) is 50.6 Å². The zero-order valence-electron chi connectivity index (χ0n) is 17.9. The topological polar surface area (TPSA) is 80.7 Å². The van der Waals surface area contributed by atoms with Gasteiger partial charge >= 0.3 is 6.18 Å². The Hall–Kier alpha value is -2.59. The van der Waals surface area contributed by atoms with E-state index in [1.165, 1.54) is 10.7 Å². The summed E-state index contributed by atoms with van der Waals surface area (Å²) in [7, 11) is 0. The molecular formula is C21H29F3N6O. The van der Waals surface area contributed by atoms with Crippen molar-refractivity contribution in [1.82, 2.24) is 20.0 Å². The largest absolute Gasteiger partial charge is 0.416 e. The third kappa shape index (κ3) is 6.44. The van der Waals surface area contributed by atoms with Gasteiger partial charge in [-0.2, -0.15) is 18.3 Å². The summed E-state index contributed by atoms with van der Waals surface area (Å²) < 4.78 is 47.8. The van der Waals surface area contributed by atoms with Gasteiger partial charge in [-0.25, -0.2) is 9.67 Å². The highest BCUT2D eigenvalue weighted by Gasteiger charge is 2.33. The number of halogens is 3. The molecule has 0 bridgehead atoms. The predicted molar refractivity (Wildman–Crippen MR) is 113 cm³/mol. The van der Waals surface area contributed by atoms with Crippen LogP contribution in [0.2, 0.25) is 0 Å². The van der Waals surface area contributed by atoms with E-state index in [1.807, 2.05) is 6.07 Å². The highest BCUT2D eigenvalue weighted by Crippen LogP contribution is 2.34. The summed E-state index contributed by atoms with van der Waals surface area (Å²) in [6.45, 7) is 8.29. The Bertz CT molecular complexity index is 903. The van der Waals surface area contributed by atoms with Crippen LogP contribution in [-0.2, 0) is 17.5 Å². The molecule has 10 heteroatoms. The molecule has 1 aromatic carbocycles. The number of rotatable bonds is 7. The maximum absolute atomic E-state index is 13.7. The fourth-order valence-corrected chi connectivity index (χ4v) is 3.56. The van der Waals surface area contributed by atoms with Crippen molar-refractivity contribution in [2.45, 2.75) is 33.0 Å². The van der Waals surface area contributed by atoms with E-state index in [-0.39, 0.29) is 18.1 Å². The highest BCUT2D eigenvalue weighted by molar-refractivity contribution is 5.77. The van der Waals surface area contributed by atoms with Crippen LogP contribution >= 0.6 is 0 Å². The Morgan fingerprint density at radius 3 is 2.61 bits per heavy atom. The lowest BCUT2D eigenvalue weighted by Gasteiger charge is -2.26. The molecule has 0 amide bonds. The molecule has 31 heavy (non-hydrogen) atoms. The van der Waals surface area contributed by atoms with Crippen molar-refractivity contribution in [1.29, 1.82) is 0 Å². The molecule has 170 valence electrons. The SMILES string of the molecule is Cc1cc(C)n(-c2ccc(CN=C(N)NCCCN3CCOCC3)c(C(F)(F)F)c2)n1. The monoisotopic (exact) mass is 438 g/mol. The Morgan fingerprint density at radius 1 is 1.23 bits per heavy atom. The maximum Gasteiger partial charge on any atom is 0.416 e. The first-order valence-corrected chi connectivity index (χ1v) is 10.3. The van der Waals surface area contributed by atoms with Crippen LogP contribution in [0.25, 0.3) is 5.69 Å². The molecule has 2 heterocycles. The molecule has 2 aromatic rings. The summed E-state index contributed by atoms with van der Waals surface area (Å²) in [4.78, 5) is 6.41. The van der Waals surface area contributed by atoms with E-state index in [0.29, 0.717) is 12.2 Å². The van der Waals surface area contributed by atoms with E-state index < -0.39 is 11.7 Å². The van der Waals surface area contributed by atoms with Crippen molar-refractivity contribution < 1.29 is 17.9 Å². The van der Waals surface area contributed by atoms with Gasteiger partial charge in [-0.15, -0.1) is 0 Å². The lowest BCUT2D eigenvalue weighted by Crippen LogP contribution is -2.39. The molecule has 7 nitrogen and oxygen atoms in total. The summed E-state index contributed by atoms with van der Waals surface area (Å²) in [5.41, 5.74) is 7.05. The number of alkyl halides is 3. The highest BCUT2D eigenvalue weighted by atomic mass is 19.4. The number of aryl methyl sites for hydroxylation is 2. The Balaban J connectivity index is 1.62. The minimum Gasteiger partial charge on any atom is -0.379 e. The lowest BCUT2D eigenvalue weighted by molar-refractivity contribution is -0.138. The average Bonchev–Trinajstić information content (AvgIpc) is 3.07. The number of nitrogens with two attached hydrogens (primary N) is 1. The Morgan fingerprint density at radius 2 is 1.97 bits per heavy atom. The van der Waals surface area contributed by atoms with E-state index in [0.717, 1.165) is 56.7 Å². The van der Waals surface area contributed by atoms with E-state index in [1.54, 1.807) is 19.9 Å². The molecule has 0 unspecified atom stereocenters. The van der Waals surface area contributed by atoms with Crippen molar-refractivity contribution in [2.75, 3.05) is 39.4 Å². The number of aromatic nitrogens is 2. The zero-order valence-corrected chi connectivity index (χ0v) is 17.9. The number of morpholine rings is 1. The molecule has 3 N–H and O–H groups in total. The second kappa shape index (κ2) is 10.1. The fourth-order valence-electron chi connectivity index (χ4n) is 3.56. The van der Waals surface area contributed by atoms with Gasteiger partial charge in [0.05, 0.1) is 36.7 Å². The summed E-state index contributed by atoms with van der Waals surface area (Å²) >= 11 is 0. The normalized spacial score (nSPS) is 16.0. The van der Waals surface area contributed by atoms with Gasteiger partial charge in [-0.3, -0.25) is 4.90 Å². The van der Waals surface area contributed by atoms with Gasteiger partial charge in [0, 0.05) is 25.3 Å². The smallest absolute Gasteiger partial charge is 0.379 e. The third-order valence-corrected chi connectivity index (χ3v) is 5.13. The van der Waals surface area contributed by atoms with Crippen LogP contribution in [0.3, 0.4) is 0 Å². The van der Waals surface area contributed by atoms with E-state index in [9.17, 15) is 13.2 Å². The molecule has 0 radical (unpaired) electrons. The predicted octanol–water partition coefficient (Wildman–Crippen LogP) is 2.63. The molecule has 0 aliphatic carbocycles. The van der Waals surface area contributed by atoms with Crippen LogP contribution in [-0.4, -0.2) is 60.0 Å². The molecule has 0 saturated carbocycles. The second-order valence-corrected chi connectivity index (χ2v) is 7.61. The summed E-state index contributed by atoms with van der Waals surface area (Å²) in [6, 6.07) is 5.97. The standard InChI is InChI=1S/C21H29F3N6O/c1-15-12-16(2)30(28-15)18-5-4-17(19(13-18)21(22,23)24)14-27-20(25)26-6-3-7-29-8-10-31-11-9-29/h4-5,12-13H,3,6-11,14H2,1-2H3,(H3,25,26,27). The summed E-state index contributed by atoms with van der Waals surface area (Å²) in [6.07, 6.45) is -3.64. The zero-order chi connectivity index (χ0) is 22.4.